The third kappa shape index (κ3) is 3.94. The highest BCUT2D eigenvalue weighted by Crippen LogP contribution is 2.36. The largest absolute Gasteiger partial charge is 0.376 e. The van der Waals surface area contributed by atoms with Gasteiger partial charge in [0.05, 0.1) is 24.1 Å². The second kappa shape index (κ2) is 7.86. The number of likely N-dealkylation sites (tertiary alicyclic amines) is 1. The van der Waals surface area contributed by atoms with Crippen molar-refractivity contribution in [2.75, 3.05) is 43.5 Å². The van der Waals surface area contributed by atoms with E-state index in [4.69, 9.17) is 9.47 Å². The van der Waals surface area contributed by atoms with Gasteiger partial charge in [0.15, 0.2) is 0 Å². The highest BCUT2D eigenvalue weighted by atomic mass is 16.5. The first-order valence-electron chi connectivity index (χ1n) is 9.82. The lowest BCUT2D eigenvalue weighted by Gasteiger charge is -2.44. The molecule has 0 aliphatic carbocycles. The van der Waals surface area contributed by atoms with Crippen LogP contribution in [0.1, 0.15) is 32.1 Å². The summed E-state index contributed by atoms with van der Waals surface area (Å²) >= 11 is 0. The Bertz CT molecular complexity index is 694. The molecule has 1 atom stereocenters. The predicted octanol–water partition coefficient (Wildman–Crippen LogP) is 2.00. The van der Waals surface area contributed by atoms with Crippen LogP contribution < -0.4 is 10.6 Å². The van der Waals surface area contributed by atoms with Crippen LogP contribution in [0.15, 0.2) is 24.3 Å². The van der Waals surface area contributed by atoms with Crippen molar-refractivity contribution in [2.45, 2.75) is 43.7 Å². The molecule has 1 aromatic rings. The summed E-state index contributed by atoms with van der Waals surface area (Å²) in [6, 6.07) is 7.70. The lowest BCUT2D eigenvalue weighted by atomic mass is 9.84. The highest BCUT2D eigenvalue weighted by molar-refractivity contribution is 6.06. The SMILES string of the molecule is O=C(COC[C@H]1CCCCO1)N1CCC2(CC1)Nc1ccccc1NC2=O. The van der Waals surface area contributed by atoms with Crippen molar-refractivity contribution >= 4 is 23.2 Å². The molecule has 0 aromatic heterocycles. The summed E-state index contributed by atoms with van der Waals surface area (Å²) < 4.78 is 11.2. The Morgan fingerprint density at radius 1 is 1.22 bits per heavy atom. The summed E-state index contributed by atoms with van der Waals surface area (Å²) in [4.78, 5) is 26.9. The summed E-state index contributed by atoms with van der Waals surface area (Å²) in [6.45, 7) is 2.43. The first-order chi connectivity index (χ1) is 13.2. The van der Waals surface area contributed by atoms with E-state index in [1.807, 2.05) is 24.3 Å². The minimum Gasteiger partial charge on any atom is -0.376 e. The summed E-state index contributed by atoms with van der Waals surface area (Å²) in [5.74, 6) is -0.0312. The van der Waals surface area contributed by atoms with Gasteiger partial charge in [-0.1, -0.05) is 12.1 Å². The summed E-state index contributed by atoms with van der Waals surface area (Å²) in [7, 11) is 0. The molecule has 4 rings (SSSR count). The van der Waals surface area contributed by atoms with E-state index in [1.54, 1.807) is 4.90 Å². The number of amides is 2. The van der Waals surface area contributed by atoms with Crippen molar-refractivity contribution < 1.29 is 19.1 Å². The molecule has 7 heteroatoms. The topological polar surface area (TPSA) is 79.9 Å². The monoisotopic (exact) mass is 373 g/mol. The van der Waals surface area contributed by atoms with Crippen molar-refractivity contribution in [2.24, 2.45) is 0 Å². The van der Waals surface area contributed by atoms with Gasteiger partial charge in [-0.15, -0.1) is 0 Å². The molecule has 0 unspecified atom stereocenters. The standard InChI is InChI=1S/C20H27N3O4/c24-18(14-26-13-15-5-3-4-12-27-15)23-10-8-20(9-11-23)19(25)21-16-6-1-2-7-17(16)22-20/h1-2,6-7,15,22H,3-5,8-14H2,(H,21,25)/t15-/m1/s1. The quantitative estimate of drug-likeness (QED) is 0.844. The van der Waals surface area contributed by atoms with Gasteiger partial charge in [-0.05, 0) is 44.2 Å². The lowest BCUT2D eigenvalue weighted by molar-refractivity contribution is -0.141. The Balaban J connectivity index is 1.27. The number of fused-ring (bicyclic) bond motifs is 1. The van der Waals surface area contributed by atoms with Crippen LogP contribution in [0.2, 0.25) is 0 Å². The number of carbonyl (C=O) groups excluding carboxylic acids is 2. The number of piperidine rings is 1. The number of benzene rings is 1. The van der Waals surface area contributed by atoms with Crippen LogP contribution in [-0.2, 0) is 19.1 Å². The number of nitrogens with zero attached hydrogens (tertiary/aromatic N) is 1. The van der Waals surface area contributed by atoms with E-state index < -0.39 is 5.54 Å². The van der Waals surface area contributed by atoms with Gasteiger partial charge in [-0.25, -0.2) is 0 Å². The number of anilines is 2. The van der Waals surface area contributed by atoms with Gasteiger partial charge in [0.1, 0.15) is 12.1 Å². The minimum absolute atomic E-state index is 0.0148. The zero-order valence-corrected chi connectivity index (χ0v) is 15.5. The van der Waals surface area contributed by atoms with E-state index in [0.29, 0.717) is 32.5 Å². The molecule has 2 saturated heterocycles. The highest BCUT2D eigenvalue weighted by Gasteiger charge is 2.44. The van der Waals surface area contributed by atoms with Crippen molar-refractivity contribution in [1.29, 1.82) is 0 Å². The molecule has 3 heterocycles. The Labute approximate surface area is 159 Å². The van der Waals surface area contributed by atoms with Crippen LogP contribution >= 0.6 is 0 Å². The fourth-order valence-electron chi connectivity index (χ4n) is 4.06. The maximum atomic E-state index is 12.6. The number of nitrogens with one attached hydrogen (secondary N) is 2. The number of hydrogen-bond donors (Lipinski definition) is 2. The first-order valence-corrected chi connectivity index (χ1v) is 9.82. The van der Waals surface area contributed by atoms with Crippen LogP contribution in [-0.4, -0.2) is 61.3 Å². The minimum atomic E-state index is -0.637. The molecule has 7 nitrogen and oxygen atoms in total. The lowest BCUT2D eigenvalue weighted by Crippen LogP contribution is -2.59. The molecule has 146 valence electrons. The molecular weight excluding hydrogens is 346 g/mol. The molecule has 2 fully saturated rings. The molecule has 0 bridgehead atoms. The molecule has 2 N–H and O–H groups in total. The molecular formula is C20H27N3O4. The fraction of sp³-hybridized carbons (Fsp3) is 0.600. The molecule has 3 aliphatic heterocycles. The molecule has 3 aliphatic rings. The van der Waals surface area contributed by atoms with Crippen molar-refractivity contribution in [1.82, 2.24) is 4.90 Å². The Morgan fingerprint density at radius 2 is 2.00 bits per heavy atom. The van der Waals surface area contributed by atoms with Gasteiger partial charge in [0, 0.05) is 19.7 Å². The maximum absolute atomic E-state index is 12.6. The average Bonchev–Trinajstić information content (AvgIpc) is 2.70. The fourth-order valence-corrected chi connectivity index (χ4v) is 4.06. The zero-order valence-electron chi connectivity index (χ0n) is 15.5. The summed E-state index contributed by atoms with van der Waals surface area (Å²) in [5.41, 5.74) is 1.11. The zero-order chi connectivity index (χ0) is 18.7. The van der Waals surface area contributed by atoms with Crippen LogP contribution in [0.3, 0.4) is 0 Å². The van der Waals surface area contributed by atoms with E-state index in [9.17, 15) is 9.59 Å². The van der Waals surface area contributed by atoms with Gasteiger partial charge >= 0.3 is 0 Å². The van der Waals surface area contributed by atoms with E-state index in [2.05, 4.69) is 10.6 Å². The number of rotatable bonds is 4. The van der Waals surface area contributed by atoms with Gasteiger partial charge < -0.3 is 25.0 Å². The molecule has 1 aromatic carbocycles. The number of ether oxygens (including phenoxy) is 2. The van der Waals surface area contributed by atoms with E-state index in [-0.39, 0.29) is 24.5 Å². The molecule has 1 spiro atoms. The Kier molecular flexibility index (Phi) is 5.31. The smallest absolute Gasteiger partial charge is 0.250 e. The van der Waals surface area contributed by atoms with Crippen molar-refractivity contribution in [3.05, 3.63) is 24.3 Å². The van der Waals surface area contributed by atoms with Gasteiger partial charge in [-0.2, -0.15) is 0 Å². The van der Waals surface area contributed by atoms with E-state index in [1.165, 1.54) is 0 Å². The number of hydrogen-bond acceptors (Lipinski definition) is 5. The molecule has 27 heavy (non-hydrogen) atoms. The van der Waals surface area contributed by atoms with Gasteiger partial charge in [0.25, 0.3) is 0 Å². The Morgan fingerprint density at radius 3 is 2.74 bits per heavy atom. The van der Waals surface area contributed by atoms with Crippen molar-refractivity contribution in [3.63, 3.8) is 0 Å². The van der Waals surface area contributed by atoms with Gasteiger partial charge in [0.2, 0.25) is 11.8 Å². The van der Waals surface area contributed by atoms with Crippen molar-refractivity contribution in [3.8, 4) is 0 Å². The Hall–Kier alpha value is -2.12. The third-order valence-electron chi connectivity index (χ3n) is 5.76. The van der Waals surface area contributed by atoms with Crippen LogP contribution in [0, 0.1) is 0 Å². The average molecular weight is 373 g/mol. The summed E-state index contributed by atoms with van der Waals surface area (Å²) in [5, 5.41) is 6.40. The van der Waals surface area contributed by atoms with Crippen LogP contribution in [0.4, 0.5) is 11.4 Å². The van der Waals surface area contributed by atoms with Gasteiger partial charge in [-0.3, -0.25) is 9.59 Å². The summed E-state index contributed by atoms with van der Waals surface area (Å²) in [6.07, 6.45) is 4.56. The van der Waals surface area contributed by atoms with Crippen LogP contribution in [0.25, 0.3) is 0 Å². The second-order valence-electron chi connectivity index (χ2n) is 7.59. The normalized spacial score (nSPS) is 24.1. The molecule has 2 amide bonds. The molecule has 0 radical (unpaired) electrons. The maximum Gasteiger partial charge on any atom is 0.250 e. The number of carbonyl (C=O) groups is 2. The number of para-hydroxylation sites is 2. The van der Waals surface area contributed by atoms with Crippen LogP contribution in [0.5, 0.6) is 0 Å². The molecule has 0 saturated carbocycles. The van der Waals surface area contributed by atoms with E-state index >= 15 is 0 Å². The predicted molar refractivity (Wildman–Crippen MR) is 102 cm³/mol. The first kappa shape index (κ1) is 18.3. The van der Waals surface area contributed by atoms with E-state index in [0.717, 1.165) is 37.2 Å². The third-order valence-corrected chi connectivity index (χ3v) is 5.76. The second-order valence-corrected chi connectivity index (χ2v) is 7.59.